The zero-order valence-corrected chi connectivity index (χ0v) is 22.0. The standard InChI is InChI=1S/C25H34ClN3O4S/c1-6-14-27-25(31)22(7-2)28(16-20-11-9-8-10-18(20)3)24(30)17-29(34(5,32)33)23-13-12-21(26)15-19(23)4/h8-13,15,22H,6-7,14,16-17H2,1-5H3,(H,27,31)/t22-/m1/s1. The fraction of sp³-hybridized carbons (Fsp3) is 0.440. The van der Waals surface area contributed by atoms with Gasteiger partial charge in [-0.2, -0.15) is 0 Å². The van der Waals surface area contributed by atoms with Crippen LogP contribution in [-0.4, -0.2) is 50.5 Å². The van der Waals surface area contributed by atoms with Crippen molar-refractivity contribution in [2.45, 2.75) is 53.1 Å². The number of anilines is 1. The molecule has 0 saturated heterocycles. The Morgan fingerprint density at radius 2 is 1.74 bits per heavy atom. The van der Waals surface area contributed by atoms with Gasteiger partial charge in [-0.1, -0.05) is 49.7 Å². The highest BCUT2D eigenvalue weighted by atomic mass is 35.5. The number of hydrogen-bond donors (Lipinski definition) is 1. The minimum absolute atomic E-state index is 0.195. The summed E-state index contributed by atoms with van der Waals surface area (Å²) in [5.41, 5.74) is 2.88. The molecule has 186 valence electrons. The van der Waals surface area contributed by atoms with Crippen molar-refractivity contribution in [3.8, 4) is 0 Å². The first kappa shape index (κ1) is 27.7. The van der Waals surface area contributed by atoms with Crippen molar-refractivity contribution in [1.29, 1.82) is 0 Å². The van der Waals surface area contributed by atoms with Gasteiger partial charge in [-0.15, -0.1) is 0 Å². The fourth-order valence-corrected chi connectivity index (χ4v) is 4.88. The van der Waals surface area contributed by atoms with E-state index in [0.29, 0.717) is 29.2 Å². The van der Waals surface area contributed by atoms with Crippen LogP contribution >= 0.6 is 11.6 Å². The summed E-state index contributed by atoms with van der Waals surface area (Å²) in [5.74, 6) is -0.707. The lowest BCUT2D eigenvalue weighted by Crippen LogP contribution is -2.52. The summed E-state index contributed by atoms with van der Waals surface area (Å²) in [6.07, 6.45) is 2.23. The molecule has 0 aliphatic rings. The molecule has 0 aliphatic carbocycles. The molecule has 34 heavy (non-hydrogen) atoms. The van der Waals surface area contributed by atoms with Crippen molar-refractivity contribution in [2.24, 2.45) is 0 Å². The number of rotatable bonds is 11. The van der Waals surface area contributed by atoms with E-state index in [1.54, 1.807) is 25.1 Å². The first-order valence-corrected chi connectivity index (χ1v) is 13.6. The van der Waals surface area contributed by atoms with Crippen molar-refractivity contribution in [2.75, 3.05) is 23.7 Å². The number of hydrogen-bond acceptors (Lipinski definition) is 4. The van der Waals surface area contributed by atoms with Gasteiger partial charge in [0.25, 0.3) is 0 Å². The Hall–Kier alpha value is -2.58. The van der Waals surface area contributed by atoms with E-state index in [2.05, 4.69) is 5.32 Å². The van der Waals surface area contributed by atoms with Gasteiger partial charge in [0.1, 0.15) is 12.6 Å². The molecular weight excluding hydrogens is 474 g/mol. The average Bonchev–Trinajstić information content (AvgIpc) is 2.76. The number of carbonyl (C=O) groups is 2. The Bertz CT molecular complexity index is 1120. The maximum atomic E-state index is 13.7. The van der Waals surface area contributed by atoms with Gasteiger partial charge >= 0.3 is 0 Å². The molecule has 0 fully saturated rings. The van der Waals surface area contributed by atoms with E-state index in [9.17, 15) is 18.0 Å². The van der Waals surface area contributed by atoms with Gasteiger partial charge in [-0.25, -0.2) is 8.42 Å². The van der Waals surface area contributed by atoms with Gasteiger partial charge in [0, 0.05) is 18.1 Å². The Morgan fingerprint density at radius 1 is 1.06 bits per heavy atom. The summed E-state index contributed by atoms with van der Waals surface area (Å²) in [5, 5.41) is 3.34. The van der Waals surface area contributed by atoms with Crippen molar-refractivity contribution < 1.29 is 18.0 Å². The monoisotopic (exact) mass is 507 g/mol. The maximum Gasteiger partial charge on any atom is 0.244 e. The second-order valence-corrected chi connectivity index (χ2v) is 10.7. The third-order valence-corrected chi connectivity index (χ3v) is 7.01. The van der Waals surface area contributed by atoms with Crippen LogP contribution in [0.3, 0.4) is 0 Å². The molecule has 2 aromatic carbocycles. The second-order valence-electron chi connectivity index (χ2n) is 8.36. The van der Waals surface area contributed by atoms with Crippen LogP contribution in [-0.2, 0) is 26.2 Å². The molecular formula is C25H34ClN3O4S. The van der Waals surface area contributed by atoms with E-state index in [1.807, 2.05) is 45.0 Å². The number of aryl methyl sites for hydroxylation is 2. The minimum Gasteiger partial charge on any atom is -0.354 e. The molecule has 0 aliphatic heterocycles. The van der Waals surface area contributed by atoms with Crippen molar-refractivity contribution in [3.63, 3.8) is 0 Å². The molecule has 0 unspecified atom stereocenters. The van der Waals surface area contributed by atoms with E-state index in [1.165, 1.54) is 4.90 Å². The number of carbonyl (C=O) groups excluding carboxylic acids is 2. The van der Waals surface area contributed by atoms with Gasteiger partial charge < -0.3 is 10.2 Å². The SMILES string of the molecule is CCCNC(=O)[C@@H](CC)N(Cc1ccccc1C)C(=O)CN(c1ccc(Cl)cc1C)S(C)(=O)=O. The Morgan fingerprint density at radius 3 is 2.29 bits per heavy atom. The molecule has 2 rings (SSSR count). The lowest BCUT2D eigenvalue weighted by molar-refractivity contribution is -0.140. The first-order valence-electron chi connectivity index (χ1n) is 11.3. The molecule has 2 aromatic rings. The summed E-state index contributed by atoms with van der Waals surface area (Å²) in [4.78, 5) is 28.1. The molecule has 0 heterocycles. The smallest absolute Gasteiger partial charge is 0.244 e. The Balaban J connectivity index is 2.47. The van der Waals surface area contributed by atoms with Crippen LogP contribution in [0.15, 0.2) is 42.5 Å². The third kappa shape index (κ3) is 7.21. The van der Waals surface area contributed by atoms with Gasteiger partial charge in [-0.3, -0.25) is 13.9 Å². The molecule has 0 bridgehead atoms. The fourth-order valence-electron chi connectivity index (χ4n) is 3.75. The van der Waals surface area contributed by atoms with Crippen LogP contribution in [0.2, 0.25) is 5.02 Å². The molecule has 9 heteroatoms. The lowest BCUT2D eigenvalue weighted by atomic mass is 10.1. The van der Waals surface area contributed by atoms with Crippen molar-refractivity contribution >= 4 is 39.1 Å². The van der Waals surface area contributed by atoms with Gasteiger partial charge in [0.2, 0.25) is 21.8 Å². The highest BCUT2D eigenvalue weighted by Gasteiger charge is 2.32. The number of nitrogens with zero attached hydrogens (tertiary/aromatic N) is 2. The largest absolute Gasteiger partial charge is 0.354 e. The molecule has 0 saturated carbocycles. The predicted molar refractivity (Wildman–Crippen MR) is 137 cm³/mol. The summed E-state index contributed by atoms with van der Waals surface area (Å²) in [6.45, 7) is 7.74. The summed E-state index contributed by atoms with van der Waals surface area (Å²) < 4.78 is 26.5. The van der Waals surface area contributed by atoms with Crippen LogP contribution in [0, 0.1) is 13.8 Å². The number of benzene rings is 2. The zero-order chi connectivity index (χ0) is 25.5. The van der Waals surface area contributed by atoms with Crippen molar-refractivity contribution in [3.05, 3.63) is 64.2 Å². The maximum absolute atomic E-state index is 13.7. The third-order valence-electron chi connectivity index (χ3n) is 5.64. The number of nitrogens with one attached hydrogen (secondary N) is 1. The summed E-state index contributed by atoms with van der Waals surface area (Å²) in [6, 6.07) is 11.7. The second kappa shape index (κ2) is 12.2. The van der Waals surface area contributed by atoms with Gasteiger partial charge in [0.15, 0.2) is 0 Å². The summed E-state index contributed by atoms with van der Waals surface area (Å²) in [7, 11) is -3.79. The molecule has 1 atom stereocenters. The Labute approximate surface area is 208 Å². The lowest BCUT2D eigenvalue weighted by Gasteiger charge is -2.33. The molecule has 1 N–H and O–H groups in total. The van der Waals surface area contributed by atoms with Crippen molar-refractivity contribution in [1.82, 2.24) is 10.2 Å². The zero-order valence-electron chi connectivity index (χ0n) is 20.5. The van der Waals surface area contributed by atoms with Crippen LogP contribution in [0.4, 0.5) is 5.69 Å². The predicted octanol–water partition coefficient (Wildman–Crippen LogP) is 4.06. The minimum atomic E-state index is -3.79. The van der Waals surface area contributed by atoms with Crippen LogP contribution in [0.5, 0.6) is 0 Å². The summed E-state index contributed by atoms with van der Waals surface area (Å²) >= 11 is 6.05. The quantitative estimate of drug-likeness (QED) is 0.497. The van der Waals surface area contributed by atoms with E-state index in [-0.39, 0.29) is 12.5 Å². The first-order chi connectivity index (χ1) is 16.0. The molecule has 7 nitrogen and oxygen atoms in total. The molecule has 0 spiro atoms. The van der Waals surface area contributed by atoms with E-state index in [4.69, 9.17) is 11.6 Å². The van der Waals surface area contributed by atoms with Crippen LogP contribution < -0.4 is 9.62 Å². The van der Waals surface area contributed by atoms with E-state index in [0.717, 1.165) is 28.1 Å². The molecule has 2 amide bonds. The normalized spacial score (nSPS) is 12.2. The molecule has 0 radical (unpaired) electrons. The average molecular weight is 508 g/mol. The van der Waals surface area contributed by atoms with E-state index >= 15 is 0 Å². The topological polar surface area (TPSA) is 86.8 Å². The van der Waals surface area contributed by atoms with Gasteiger partial charge in [0.05, 0.1) is 11.9 Å². The van der Waals surface area contributed by atoms with E-state index < -0.39 is 28.5 Å². The van der Waals surface area contributed by atoms with Crippen LogP contribution in [0.1, 0.15) is 43.4 Å². The highest BCUT2D eigenvalue weighted by Crippen LogP contribution is 2.26. The highest BCUT2D eigenvalue weighted by molar-refractivity contribution is 7.92. The van der Waals surface area contributed by atoms with Gasteiger partial charge in [-0.05, 0) is 61.6 Å². The number of sulfonamides is 1. The number of amides is 2. The number of halogens is 1. The molecule has 0 aromatic heterocycles. The van der Waals surface area contributed by atoms with Crippen LogP contribution in [0.25, 0.3) is 0 Å². The Kier molecular flexibility index (Phi) is 9.94.